The number of aromatic nitrogens is 1. The molecule has 3 rings (SSSR count). The van der Waals surface area contributed by atoms with Gasteiger partial charge in [0.2, 0.25) is 0 Å². The van der Waals surface area contributed by atoms with E-state index < -0.39 is 5.82 Å². The molecule has 112 valence electrons. The van der Waals surface area contributed by atoms with E-state index in [9.17, 15) is 9.18 Å². The number of carbonyl (C=O) groups excluding carboxylic acids is 1. The standard InChI is InChI=1S/C16H13FN2O2S/c1-9(20)15-8-12-16(22-15)14(5-6-19-12)21-13-4-3-10(18-2)7-11(13)17/h3-8,18H,1-2H3. The fraction of sp³-hybridized carbons (Fsp3) is 0.125. The summed E-state index contributed by atoms with van der Waals surface area (Å²) in [6.07, 6.45) is 1.58. The van der Waals surface area contributed by atoms with Crippen LogP contribution < -0.4 is 10.1 Å². The van der Waals surface area contributed by atoms with Crippen molar-refractivity contribution in [1.82, 2.24) is 4.98 Å². The number of carbonyl (C=O) groups is 1. The normalized spacial score (nSPS) is 10.7. The average molecular weight is 316 g/mol. The van der Waals surface area contributed by atoms with Gasteiger partial charge in [-0.1, -0.05) is 0 Å². The molecule has 1 N–H and O–H groups in total. The summed E-state index contributed by atoms with van der Waals surface area (Å²) in [7, 11) is 1.72. The van der Waals surface area contributed by atoms with Crippen molar-refractivity contribution >= 4 is 33.0 Å². The number of hydrogen-bond donors (Lipinski definition) is 1. The molecule has 0 unspecified atom stereocenters. The summed E-state index contributed by atoms with van der Waals surface area (Å²) in [4.78, 5) is 16.3. The summed E-state index contributed by atoms with van der Waals surface area (Å²) in [6, 6.07) is 8.03. The minimum Gasteiger partial charge on any atom is -0.453 e. The van der Waals surface area contributed by atoms with Crippen LogP contribution in [0.15, 0.2) is 36.5 Å². The van der Waals surface area contributed by atoms with Gasteiger partial charge in [-0.3, -0.25) is 9.78 Å². The van der Waals surface area contributed by atoms with E-state index in [1.54, 1.807) is 37.5 Å². The molecule has 2 heterocycles. The molecule has 0 aliphatic carbocycles. The fourth-order valence-corrected chi connectivity index (χ4v) is 2.99. The first kappa shape index (κ1) is 14.5. The molecule has 3 aromatic rings. The number of Topliss-reactive ketones (excluding diaryl/α,β-unsaturated/α-hetero) is 1. The van der Waals surface area contributed by atoms with Crippen molar-refractivity contribution in [2.45, 2.75) is 6.92 Å². The van der Waals surface area contributed by atoms with Crippen molar-refractivity contribution in [1.29, 1.82) is 0 Å². The van der Waals surface area contributed by atoms with Gasteiger partial charge in [0, 0.05) is 31.1 Å². The van der Waals surface area contributed by atoms with Gasteiger partial charge in [0.25, 0.3) is 0 Å². The van der Waals surface area contributed by atoms with Crippen LogP contribution in [0.1, 0.15) is 16.6 Å². The highest BCUT2D eigenvalue weighted by Gasteiger charge is 2.13. The van der Waals surface area contributed by atoms with Crippen LogP contribution in [0.3, 0.4) is 0 Å². The zero-order chi connectivity index (χ0) is 15.7. The lowest BCUT2D eigenvalue weighted by atomic mass is 10.3. The third kappa shape index (κ3) is 2.65. The van der Waals surface area contributed by atoms with Gasteiger partial charge >= 0.3 is 0 Å². The van der Waals surface area contributed by atoms with Gasteiger partial charge in [-0.2, -0.15) is 0 Å². The molecule has 1 aromatic carbocycles. The monoisotopic (exact) mass is 316 g/mol. The maximum Gasteiger partial charge on any atom is 0.169 e. The smallest absolute Gasteiger partial charge is 0.169 e. The Hall–Kier alpha value is -2.47. The van der Waals surface area contributed by atoms with Crippen LogP contribution in [0.25, 0.3) is 10.2 Å². The number of hydrogen-bond acceptors (Lipinski definition) is 5. The van der Waals surface area contributed by atoms with Gasteiger partial charge in [0.1, 0.15) is 5.75 Å². The maximum atomic E-state index is 14.0. The SMILES string of the molecule is CNc1ccc(Oc2ccnc3cc(C(C)=O)sc23)c(F)c1. The molecule has 2 aromatic heterocycles. The molecular weight excluding hydrogens is 303 g/mol. The Morgan fingerprint density at radius 2 is 2.09 bits per heavy atom. The van der Waals surface area contributed by atoms with E-state index >= 15 is 0 Å². The first-order valence-electron chi connectivity index (χ1n) is 6.63. The molecular formula is C16H13FN2O2S. The molecule has 0 atom stereocenters. The summed E-state index contributed by atoms with van der Waals surface area (Å²) < 4.78 is 20.4. The Labute approximate surface area is 130 Å². The summed E-state index contributed by atoms with van der Waals surface area (Å²) in [6.45, 7) is 1.50. The number of nitrogens with zero attached hydrogens (tertiary/aromatic N) is 1. The molecule has 22 heavy (non-hydrogen) atoms. The predicted molar refractivity (Wildman–Crippen MR) is 85.6 cm³/mol. The van der Waals surface area contributed by atoms with Crippen LogP contribution in [0.2, 0.25) is 0 Å². The molecule has 0 fully saturated rings. The molecule has 0 radical (unpaired) electrons. The number of rotatable bonds is 4. The van der Waals surface area contributed by atoms with E-state index in [0.717, 1.165) is 4.70 Å². The second-order valence-corrected chi connectivity index (χ2v) is 5.74. The summed E-state index contributed by atoms with van der Waals surface area (Å²) in [5, 5.41) is 2.86. The van der Waals surface area contributed by atoms with Crippen molar-refractivity contribution in [3.63, 3.8) is 0 Å². The van der Waals surface area contributed by atoms with Gasteiger partial charge in [0.05, 0.1) is 15.1 Å². The quantitative estimate of drug-likeness (QED) is 0.721. The maximum absolute atomic E-state index is 14.0. The fourth-order valence-electron chi connectivity index (χ4n) is 2.03. The Morgan fingerprint density at radius 1 is 1.27 bits per heavy atom. The van der Waals surface area contributed by atoms with E-state index in [4.69, 9.17) is 4.74 Å². The molecule has 0 aliphatic heterocycles. The van der Waals surface area contributed by atoms with Gasteiger partial charge in [-0.25, -0.2) is 4.39 Å². The third-order valence-electron chi connectivity index (χ3n) is 3.16. The lowest BCUT2D eigenvalue weighted by Gasteiger charge is -2.08. The van der Waals surface area contributed by atoms with Crippen molar-refractivity contribution in [2.24, 2.45) is 0 Å². The van der Waals surface area contributed by atoms with E-state index in [2.05, 4.69) is 10.3 Å². The molecule has 0 amide bonds. The molecule has 4 nitrogen and oxygen atoms in total. The van der Waals surface area contributed by atoms with Crippen molar-refractivity contribution in [2.75, 3.05) is 12.4 Å². The number of halogens is 1. The number of nitrogens with one attached hydrogen (secondary N) is 1. The Morgan fingerprint density at radius 3 is 2.77 bits per heavy atom. The Bertz CT molecular complexity index is 860. The molecule has 0 bridgehead atoms. The number of ketones is 1. The number of ether oxygens (including phenoxy) is 1. The minimum atomic E-state index is -0.458. The van der Waals surface area contributed by atoms with E-state index in [0.29, 0.717) is 21.8 Å². The largest absolute Gasteiger partial charge is 0.453 e. The zero-order valence-corrected chi connectivity index (χ0v) is 12.8. The summed E-state index contributed by atoms with van der Waals surface area (Å²) in [5.41, 5.74) is 1.33. The second-order valence-electron chi connectivity index (χ2n) is 4.69. The molecule has 6 heteroatoms. The van der Waals surface area contributed by atoms with Crippen LogP contribution in [-0.2, 0) is 0 Å². The average Bonchev–Trinajstić information content (AvgIpc) is 2.94. The lowest BCUT2D eigenvalue weighted by molar-refractivity contribution is 0.102. The number of anilines is 1. The van der Waals surface area contributed by atoms with Crippen LogP contribution in [0.5, 0.6) is 11.5 Å². The van der Waals surface area contributed by atoms with E-state index in [-0.39, 0.29) is 11.5 Å². The van der Waals surface area contributed by atoms with Gasteiger partial charge in [0.15, 0.2) is 17.3 Å². The second kappa shape index (κ2) is 5.73. The number of pyridine rings is 1. The Kier molecular flexibility index (Phi) is 3.77. The van der Waals surface area contributed by atoms with Gasteiger partial charge in [-0.15, -0.1) is 11.3 Å². The van der Waals surface area contributed by atoms with Crippen LogP contribution >= 0.6 is 11.3 Å². The number of fused-ring (bicyclic) bond motifs is 1. The highest BCUT2D eigenvalue weighted by molar-refractivity contribution is 7.21. The highest BCUT2D eigenvalue weighted by atomic mass is 32.1. The summed E-state index contributed by atoms with van der Waals surface area (Å²) in [5.74, 6) is 0.126. The highest BCUT2D eigenvalue weighted by Crippen LogP contribution is 2.36. The zero-order valence-electron chi connectivity index (χ0n) is 12.0. The Balaban J connectivity index is 2.02. The van der Waals surface area contributed by atoms with Crippen LogP contribution in [0.4, 0.5) is 10.1 Å². The van der Waals surface area contributed by atoms with Gasteiger partial charge < -0.3 is 10.1 Å². The first-order chi connectivity index (χ1) is 10.6. The molecule has 0 saturated carbocycles. The van der Waals surface area contributed by atoms with Crippen LogP contribution in [-0.4, -0.2) is 17.8 Å². The first-order valence-corrected chi connectivity index (χ1v) is 7.45. The summed E-state index contributed by atoms with van der Waals surface area (Å²) >= 11 is 1.29. The number of benzene rings is 1. The lowest BCUT2D eigenvalue weighted by Crippen LogP contribution is -1.92. The molecule has 0 spiro atoms. The van der Waals surface area contributed by atoms with E-state index in [1.807, 2.05) is 0 Å². The molecule has 0 aliphatic rings. The van der Waals surface area contributed by atoms with Crippen LogP contribution in [0, 0.1) is 5.82 Å². The topological polar surface area (TPSA) is 51.2 Å². The van der Waals surface area contributed by atoms with E-state index in [1.165, 1.54) is 24.3 Å². The number of thiophene rings is 1. The van der Waals surface area contributed by atoms with Crippen molar-refractivity contribution in [3.05, 3.63) is 47.2 Å². The molecule has 0 saturated heterocycles. The minimum absolute atomic E-state index is 0.0292. The van der Waals surface area contributed by atoms with Crippen molar-refractivity contribution < 1.29 is 13.9 Å². The van der Waals surface area contributed by atoms with Crippen molar-refractivity contribution in [3.8, 4) is 11.5 Å². The predicted octanol–water partition coefficient (Wildman–Crippen LogP) is 4.47. The third-order valence-corrected chi connectivity index (χ3v) is 4.40. The van der Waals surface area contributed by atoms with Gasteiger partial charge in [-0.05, 0) is 25.1 Å².